The number of thiazole rings is 1. The van der Waals surface area contributed by atoms with Crippen LogP contribution in [0.2, 0.25) is 0 Å². The summed E-state index contributed by atoms with van der Waals surface area (Å²) in [6, 6.07) is 13.7. The Labute approximate surface area is 155 Å². The molecule has 3 rings (SSSR count). The number of hydrogen-bond donors (Lipinski definition) is 0. The lowest BCUT2D eigenvalue weighted by molar-refractivity contribution is 0.866. The van der Waals surface area contributed by atoms with Gasteiger partial charge in [-0.3, -0.25) is 0 Å². The number of anilines is 1. The van der Waals surface area contributed by atoms with Gasteiger partial charge in [0, 0.05) is 18.8 Å². The molecule has 5 nitrogen and oxygen atoms in total. The SMILES string of the molecule is CCN(CC)c1ccc(N=Nc2nc3ccc(N=C=S)cc3s2)cc1. The Hall–Kier alpha value is -2.47. The van der Waals surface area contributed by atoms with Crippen molar-refractivity contribution in [1.29, 1.82) is 0 Å². The van der Waals surface area contributed by atoms with Crippen molar-refractivity contribution in [3.05, 3.63) is 42.5 Å². The second-order valence-corrected chi connectivity index (χ2v) is 6.43. The molecule has 0 saturated carbocycles. The second kappa shape index (κ2) is 8.07. The zero-order valence-electron chi connectivity index (χ0n) is 14.0. The molecule has 3 aromatic rings. The van der Waals surface area contributed by atoms with E-state index in [-0.39, 0.29) is 0 Å². The first-order valence-electron chi connectivity index (χ1n) is 7.98. The summed E-state index contributed by atoms with van der Waals surface area (Å²) in [7, 11) is 0. The minimum absolute atomic E-state index is 0.617. The first-order chi connectivity index (χ1) is 12.2. The van der Waals surface area contributed by atoms with Crippen molar-refractivity contribution < 1.29 is 0 Å². The zero-order valence-corrected chi connectivity index (χ0v) is 15.6. The van der Waals surface area contributed by atoms with Crippen LogP contribution in [0.15, 0.2) is 57.7 Å². The standard InChI is InChI=1S/C18H17N5S2/c1-3-23(4-2)15-8-5-13(6-9-15)21-22-18-20-16-10-7-14(19-12-24)11-17(16)25-18/h5-11H,3-4H2,1-2H3. The van der Waals surface area contributed by atoms with Crippen LogP contribution in [0.25, 0.3) is 10.2 Å². The van der Waals surface area contributed by atoms with Crippen molar-refractivity contribution in [1.82, 2.24) is 4.98 Å². The van der Waals surface area contributed by atoms with Gasteiger partial charge >= 0.3 is 0 Å². The molecular weight excluding hydrogens is 350 g/mol. The van der Waals surface area contributed by atoms with Crippen LogP contribution in [0.1, 0.15) is 13.8 Å². The van der Waals surface area contributed by atoms with Gasteiger partial charge in [0.1, 0.15) is 0 Å². The third-order valence-corrected chi connectivity index (χ3v) is 4.76. The van der Waals surface area contributed by atoms with E-state index >= 15 is 0 Å². The van der Waals surface area contributed by atoms with Gasteiger partial charge in [-0.1, -0.05) is 11.3 Å². The van der Waals surface area contributed by atoms with E-state index in [9.17, 15) is 0 Å². The number of azo groups is 1. The van der Waals surface area contributed by atoms with Gasteiger partial charge in [0.2, 0.25) is 5.13 Å². The molecule has 2 aromatic carbocycles. The molecule has 0 aliphatic heterocycles. The lowest BCUT2D eigenvalue weighted by Gasteiger charge is -2.20. The summed E-state index contributed by atoms with van der Waals surface area (Å²) in [4.78, 5) is 10.7. The number of hydrogen-bond acceptors (Lipinski definition) is 7. The fourth-order valence-electron chi connectivity index (χ4n) is 2.49. The Kier molecular flexibility index (Phi) is 5.60. The summed E-state index contributed by atoms with van der Waals surface area (Å²) in [5, 5.41) is 11.5. The Morgan fingerprint density at radius 1 is 1.04 bits per heavy atom. The lowest BCUT2D eigenvalue weighted by atomic mass is 10.2. The first kappa shape index (κ1) is 17.4. The molecule has 0 N–H and O–H groups in total. The zero-order chi connectivity index (χ0) is 17.6. The molecule has 0 unspecified atom stereocenters. The number of isothiocyanates is 1. The summed E-state index contributed by atoms with van der Waals surface area (Å²) in [6.45, 7) is 6.26. The maximum atomic E-state index is 4.63. The average molecular weight is 368 g/mol. The molecule has 0 radical (unpaired) electrons. The van der Waals surface area contributed by atoms with E-state index < -0.39 is 0 Å². The maximum absolute atomic E-state index is 4.63. The molecule has 0 aliphatic rings. The predicted molar refractivity (Wildman–Crippen MR) is 108 cm³/mol. The molecule has 1 aromatic heterocycles. The highest BCUT2D eigenvalue weighted by molar-refractivity contribution is 7.78. The first-order valence-corrected chi connectivity index (χ1v) is 9.21. The molecule has 7 heteroatoms. The molecule has 0 atom stereocenters. The fourth-order valence-corrected chi connectivity index (χ4v) is 3.41. The van der Waals surface area contributed by atoms with Crippen molar-refractivity contribution in [2.24, 2.45) is 15.2 Å². The van der Waals surface area contributed by atoms with Gasteiger partial charge in [-0.15, -0.1) is 10.2 Å². The van der Waals surface area contributed by atoms with Crippen LogP contribution in [0.5, 0.6) is 0 Å². The normalized spacial score (nSPS) is 11.0. The van der Waals surface area contributed by atoms with Crippen LogP contribution >= 0.6 is 23.6 Å². The Morgan fingerprint density at radius 2 is 1.76 bits per heavy atom. The van der Waals surface area contributed by atoms with Crippen molar-refractivity contribution >= 4 is 61.1 Å². The van der Waals surface area contributed by atoms with Crippen molar-refractivity contribution in [2.45, 2.75) is 13.8 Å². The smallest absolute Gasteiger partial charge is 0.231 e. The van der Waals surface area contributed by atoms with Crippen molar-refractivity contribution in [3.8, 4) is 0 Å². The highest BCUT2D eigenvalue weighted by Crippen LogP contribution is 2.32. The van der Waals surface area contributed by atoms with Crippen LogP contribution in [0.3, 0.4) is 0 Å². The highest BCUT2D eigenvalue weighted by atomic mass is 32.1. The van der Waals surface area contributed by atoms with Gasteiger partial charge in [0.15, 0.2) is 0 Å². The molecule has 0 fully saturated rings. The van der Waals surface area contributed by atoms with E-state index in [2.05, 4.69) is 68.5 Å². The summed E-state index contributed by atoms with van der Waals surface area (Å²) in [6.07, 6.45) is 0. The second-order valence-electron chi connectivity index (χ2n) is 5.24. The Bertz CT molecular complexity index is 936. The molecule has 0 spiro atoms. The minimum atomic E-state index is 0.617. The van der Waals surface area contributed by atoms with Crippen LogP contribution in [0, 0.1) is 0 Å². The lowest BCUT2D eigenvalue weighted by Crippen LogP contribution is -2.21. The number of thiocarbonyl (C=S) groups is 1. The Morgan fingerprint density at radius 3 is 2.44 bits per heavy atom. The van der Waals surface area contributed by atoms with Gasteiger partial charge in [-0.25, -0.2) is 4.98 Å². The van der Waals surface area contributed by atoms with Gasteiger partial charge < -0.3 is 4.90 Å². The number of rotatable bonds is 6. The average Bonchev–Trinajstić information content (AvgIpc) is 3.04. The van der Waals surface area contributed by atoms with Gasteiger partial charge in [-0.05, 0) is 68.5 Å². The number of nitrogens with zero attached hydrogens (tertiary/aromatic N) is 5. The van der Waals surface area contributed by atoms with Crippen LogP contribution in [-0.4, -0.2) is 23.2 Å². The van der Waals surface area contributed by atoms with E-state index in [1.165, 1.54) is 17.0 Å². The monoisotopic (exact) mass is 367 g/mol. The van der Waals surface area contributed by atoms with E-state index in [0.29, 0.717) is 5.13 Å². The van der Waals surface area contributed by atoms with Crippen molar-refractivity contribution in [2.75, 3.05) is 18.0 Å². The largest absolute Gasteiger partial charge is 0.372 e. The van der Waals surface area contributed by atoms with Crippen LogP contribution in [-0.2, 0) is 0 Å². The number of fused-ring (bicyclic) bond motifs is 1. The summed E-state index contributed by atoms with van der Waals surface area (Å²) in [5.41, 5.74) is 3.64. The Balaban J connectivity index is 1.79. The van der Waals surface area contributed by atoms with Gasteiger partial charge in [0.05, 0.1) is 26.8 Å². The fraction of sp³-hybridized carbons (Fsp3) is 0.222. The van der Waals surface area contributed by atoms with E-state index in [4.69, 9.17) is 0 Å². The number of aromatic nitrogens is 1. The third kappa shape index (κ3) is 4.14. The molecule has 25 heavy (non-hydrogen) atoms. The number of aliphatic imine (C=N–C) groups is 1. The summed E-state index contributed by atoms with van der Waals surface area (Å²) < 4.78 is 0.998. The summed E-state index contributed by atoms with van der Waals surface area (Å²) >= 11 is 6.10. The number of benzene rings is 2. The van der Waals surface area contributed by atoms with Crippen LogP contribution in [0.4, 0.5) is 22.2 Å². The molecule has 1 heterocycles. The summed E-state index contributed by atoms with van der Waals surface area (Å²) in [5.74, 6) is 0. The van der Waals surface area contributed by atoms with E-state index in [1.807, 2.05) is 30.3 Å². The highest BCUT2D eigenvalue weighted by Gasteiger charge is 2.04. The molecule has 0 amide bonds. The quantitative estimate of drug-likeness (QED) is 0.292. The van der Waals surface area contributed by atoms with Crippen molar-refractivity contribution in [3.63, 3.8) is 0 Å². The van der Waals surface area contributed by atoms with Gasteiger partial charge in [-0.2, -0.15) is 4.99 Å². The van der Waals surface area contributed by atoms with Gasteiger partial charge in [0.25, 0.3) is 0 Å². The molecule has 0 bridgehead atoms. The molecule has 0 aliphatic carbocycles. The molecule has 0 saturated heterocycles. The molecule has 126 valence electrons. The third-order valence-electron chi connectivity index (χ3n) is 3.76. The van der Waals surface area contributed by atoms with E-state index in [0.717, 1.165) is 34.7 Å². The van der Waals surface area contributed by atoms with Crippen LogP contribution < -0.4 is 4.90 Å². The molecular formula is C18H17N5S2. The maximum Gasteiger partial charge on any atom is 0.231 e. The topological polar surface area (TPSA) is 53.2 Å². The van der Waals surface area contributed by atoms with E-state index in [1.54, 1.807) is 0 Å². The predicted octanol–water partition coefficient (Wildman–Crippen LogP) is 6.29. The minimum Gasteiger partial charge on any atom is -0.372 e.